The van der Waals surface area contributed by atoms with E-state index in [0.29, 0.717) is 22.2 Å². The Morgan fingerprint density at radius 3 is 2.32 bits per heavy atom. The van der Waals surface area contributed by atoms with E-state index in [4.69, 9.17) is 10.5 Å². The lowest BCUT2D eigenvalue weighted by Gasteiger charge is -2.10. The molecule has 3 aromatic carbocycles. The van der Waals surface area contributed by atoms with Crippen LogP contribution in [-0.2, 0) is 16.7 Å². The molecule has 0 unspecified atom stereocenters. The third-order valence-corrected chi connectivity index (χ3v) is 5.43. The molecule has 4 aromatic rings. The Balaban J connectivity index is 1.70. The van der Waals surface area contributed by atoms with E-state index in [-0.39, 0.29) is 22.9 Å². The number of hydrogen-bond acceptors (Lipinski definition) is 7. The molecule has 1 heterocycles. The van der Waals surface area contributed by atoms with Crippen molar-refractivity contribution in [3.63, 3.8) is 0 Å². The molecule has 9 heteroatoms. The Hall–Kier alpha value is -3.82. The Morgan fingerprint density at radius 1 is 0.903 bits per heavy atom. The van der Waals surface area contributed by atoms with Gasteiger partial charge < -0.3 is 10.5 Å². The van der Waals surface area contributed by atoms with E-state index in [0.717, 1.165) is 5.69 Å². The number of pyridine rings is 1. The van der Waals surface area contributed by atoms with Crippen LogP contribution in [0.3, 0.4) is 0 Å². The fourth-order valence-corrected chi connectivity index (χ4v) is 3.77. The molecule has 8 nitrogen and oxygen atoms in total. The Kier molecular flexibility index (Phi) is 5.61. The quantitative estimate of drug-likeness (QED) is 0.248. The maximum absolute atomic E-state index is 11.9. The molecular formula is C22H18N4O4S. The minimum atomic E-state index is -4.49. The minimum absolute atomic E-state index is 0.117. The summed E-state index contributed by atoms with van der Waals surface area (Å²) in [5, 5.41) is 9.10. The fourth-order valence-electron chi connectivity index (χ4n) is 3.05. The molecule has 4 rings (SSSR count). The van der Waals surface area contributed by atoms with Gasteiger partial charge in [0.2, 0.25) is 0 Å². The predicted molar refractivity (Wildman–Crippen MR) is 117 cm³/mol. The third kappa shape index (κ3) is 4.52. The molecule has 1 aromatic heterocycles. The van der Waals surface area contributed by atoms with Gasteiger partial charge in [-0.3, -0.25) is 9.54 Å². The van der Waals surface area contributed by atoms with Gasteiger partial charge in [0, 0.05) is 17.0 Å². The van der Waals surface area contributed by atoms with Crippen LogP contribution in [0.25, 0.3) is 10.8 Å². The van der Waals surface area contributed by atoms with Crippen molar-refractivity contribution in [3.8, 4) is 5.75 Å². The number of fused-ring (bicyclic) bond motifs is 1. The maximum atomic E-state index is 11.9. The topological polar surface area (TPSA) is 127 Å². The highest BCUT2D eigenvalue weighted by Gasteiger charge is 2.18. The van der Waals surface area contributed by atoms with Crippen molar-refractivity contribution in [2.24, 2.45) is 10.2 Å². The molecule has 0 spiro atoms. The lowest BCUT2D eigenvalue weighted by atomic mass is 10.1. The number of rotatable bonds is 6. The molecule has 0 fully saturated rings. The zero-order valence-electron chi connectivity index (χ0n) is 16.2. The van der Waals surface area contributed by atoms with Gasteiger partial charge >= 0.3 is 0 Å². The van der Waals surface area contributed by atoms with Crippen LogP contribution in [0.1, 0.15) is 5.69 Å². The van der Waals surface area contributed by atoms with E-state index >= 15 is 0 Å². The molecule has 3 N–H and O–H groups in total. The summed E-state index contributed by atoms with van der Waals surface area (Å²) in [6, 6.07) is 20.4. The molecule has 0 radical (unpaired) electrons. The van der Waals surface area contributed by atoms with Gasteiger partial charge in [-0.05, 0) is 30.3 Å². The molecule has 0 bridgehead atoms. The summed E-state index contributed by atoms with van der Waals surface area (Å²) in [5.41, 5.74) is 7.75. The number of nitrogens with two attached hydrogens (primary N) is 1. The van der Waals surface area contributed by atoms with Crippen molar-refractivity contribution in [2.75, 3.05) is 5.73 Å². The first-order chi connectivity index (χ1) is 14.9. The number of nitrogen functional groups attached to an aromatic ring is 1. The lowest BCUT2D eigenvalue weighted by molar-refractivity contribution is 0.302. The van der Waals surface area contributed by atoms with Gasteiger partial charge in [-0.2, -0.15) is 8.42 Å². The largest absolute Gasteiger partial charge is 0.485 e. The van der Waals surface area contributed by atoms with E-state index in [1.165, 1.54) is 6.07 Å². The molecular weight excluding hydrogens is 416 g/mol. The van der Waals surface area contributed by atoms with Gasteiger partial charge in [0.25, 0.3) is 10.1 Å². The monoisotopic (exact) mass is 434 g/mol. The highest BCUT2D eigenvalue weighted by atomic mass is 32.2. The van der Waals surface area contributed by atoms with E-state index < -0.39 is 10.1 Å². The number of para-hydroxylation sites is 1. The second kappa shape index (κ2) is 8.50. The zero-order chi connectivity index (χ0) is 21.8. The van der Waals surface area contributed by atoms with Crippen LogP contribution in [-0.4, -0.2) is 18.0 Å². The van der Waals surface area contributed by atoms with Crippen molar-refractivity contribution < 1.29 is 17.7 Å². The molecule has 31 heavy (non-hydrogen) atoms. The second-order valence-electron chi connectivity index (χ2n) is 6.61. The van der Waals surface area contributed by atoms with E-state index in [1.807, 2.05) is 18.2 Å². The molecule has 0 saturated carbocycles. The average Bonchev–Trinajstić information content (AvgIpc) is 2.78. The normalized spacial score (nSPS) is 11.8. The van der Waals surface area contributed by atoms with Crippen LogP contribution in [0, 0.1) is 0 Å². The number of ether oxygens (including phenoxy) is 1. The highest BCUT2D eigenvalue weighted by molar-refractivity contribution is 7.86. The van der Waals surface area contributed by atoms with E-state index in [9.17, 15) is 13.0 Å². The van der Waals surface area contributed by atoms with Gasteiger partial charge in [-0.15, -0.1) is 10.2 Å². The summed E-state index contributed by atoms with van der Waals surface area (Å²) >= 11 is 0. The molecule has 0 aliphatic carbocycles. The van der Waals surface area contributed by atoms with Crippen molar-refractivity contribution in [1.29, 1.82) is 0 Å². The molecule has 156 valence electrons. The number of azo groups is 1. The Labute approximate surface area is 178 Å². The van der Waals surface area contributed by atoms with Crippen LogP contribution in [0.5, 0.6) is 5.75 Å². The molecule has 0 saturated heterocycles. The first kappa shape index (κ1) is 20.5. The van der Waals surface area contributed by atoms with E-state index in [2.05, 4.69) is 15.2 Å². The SMILES string of the molecule is Nc1c(/N=N/c2ccccc2OCc2ccccn2)cc(S(=O)(=O)O)c2ccccc12. The standard InChI is InChI=1S/C22H18N4O4S/c23-22-17-9-2-1-8-16(17)21(31(27,28)29)13-19(22)26-25-18-10-3-4-11-20(18)30-14-15-7-5-6-12-24-15/h1-13H,14,23H2,(H,27,28,29)/b26-25+. The van der Waals surface area contributed by atoms with Gasteiger partial charge in [0.05, 0.1) is 11.4 Å². The predicted octanol–water partition coefficient (Wildman–Crippen LogP) is 5.06. The Morgan fingerprint density at radius 2 is 1.58 bits per heavy atom. The van der Waals surface area contributed by atoms with Crippen LogP contribution >= 0.6 is 0 Å². The van der Waals surface area contributed by atoms with Crippen LogP contribution < -0.4 is 10.5 Å². The molecule has 0 aliphatic heterocycles. The third-order valence-electron chi connectivity index (χ3n) is 4.54. The van der Waals surface area contributed by atoms with E-state index in [1.54, 1.807) is 54.7 Å². The zero-order valence-corrected chi connectivity index (χ0v) is 17.0. The highest BCUT2D eigenvalue weighted by Crippen LogP contribution is 2.37. The minimum Gasteiger partial charge on any atom is -0.485 e. The number of aromatic nitrogens is 1. The van der Waals surface area contributed by atoms with Crippen LogP contribution in [0.4, 0.5) is 17.1 Å². The van der Waals surface area contributed by atoms with Gasteiger partial charge in [0.1, 0.15) is 28.6 Å². The Bertz CT molecular complexity index is 1370. The van der Waals surface area contributed by atoms with Crippen molar-refractivity contribution >= 4 is 38.0 Å². The average molecular weight is 434 g/mol. The van der Waals surface area contributed by atoms with Gasteiger partial charge in [-0.25, -0.2) is 0 Å². The second-order valence-corrected chi connectivity index (χ2v) is 8.00. The molecule has 0 atom stereocenters. The number of hydrogen-bond donors (Lipinski definition) is 2. The summed E-state index contributed by atoms with van der Waals surface area (Å²) in [5.74, 6) is 0.478. The van der Waals surface area contributed by atoms with Crippen molar-refractivity contribution in [1.82, 2.24) is 4.98 Å². The summed E-state index contributed by atoms with van der Waals surface area (Å²) in [6.45, 7) is 0.248. The van der Waals surface area contributed by atoms with Gasteiger partial charge in [0.15, 0.2) is 0 Å². The number of anilines is 1. The number of benzene rings is 3. The molecule has 0 amide bonds. The maximum Gasteiger partial charge on any atom is 0.295 e. The van der Waals surface area contributed by atoms with Crippen molar-refractivity contribution in [3.05, 3.63) is 84.7 Å². The summed E-state index contributed by atoms with van der Waals surface area (Å²) in [7, 11) is -4.49. The fraction of sp³-hybridized carbons (Fsp3) is 0.0455. The van der Waals surface area contributed by atoms with Crippen LogP contribution in [0.2, 0.25) is 0 Å². The smallest absolute Gasteiger partial charge is 0.295 e. The number of nitrogens with zero attached hydrogens (tertiary/aromatic N) is 3. The summed E-state index contributed by atoms with van der Waals surface area (Å²) < 4.78 is 39.2. The lowest BCUT2D eigenvalue weighted by Crippen LogP contribution is -2.01. The summed E-state index contributed by atoms with van der Waals surface area (Å²) in [6.07, 6.45) is 1.68. The summed E-state index contributed by atoms with van der Waals surface area (Å²) in [4.78, 5) is 3.93. The molecule has 0 aliphatic rings. The van der Waals surface area contributed by atoms with Gasteiger partial charge in [-0.1, -0.05) is 42.5 Å². The van der Waals surface area contributed by atoms with Crippen molar-refractivity contribution in [2.45, 2.75) is 11.5 Å². The first-order valence-electron chi connectivity index (χ1n) is 9.25. The first-order valence-corrected chi connectivity index (χ1v) is 10.7. The van der Waals surface area contributed by atoms with Crippen LogP contribution in [0.15, 0.2) is 94.1 Å².